The summed E-state index contributed by atoms with van der Waals surface area (Å²) in [5, 5.41) is 0. The Kier molecular flexibility index (Phi) is 2.77. The first-order valence-corrected chi connectivity index (χ1v) is 7.28. The first-order chi connectivity index (χ1) is 11.1. The number of aromatic nitrogens is 3. The van der Waals surface area contributed by atoms with Gasteiger partial charge in [0, 0.05) is 23.9 Å². The fourth-order valence-corrected chi connectivity index (χ4v) is 2.99. The van der Waals surface area contributed by atoms with Crippen molar-refractivity contribution in [1.29, 1.82) is 0 Å². The number of H-pyrrole nitrogens is 1. The minimum Gasteiger partial charge on any atom is -0.461 e. The van der Waals surface area contributed by atoms with Crippen LogP contribution in [0.25, 0.3) is 16.9 Å². The number of rotatable bonds is 2. The van der Waals surface area contributed by atoms with Gasteiger partial charge in [-0.25, -0.2) is 9.78 Å². The molecule has 0 atom stereocenters. The number of carbonyl (C=O) groups excluding carboxylic acids is 1. The van der Waals surface area contributed by atoms with Gasteiger partial charge >= 0.3 is 5.97 Å². The summed E-state index contributed by atoms with van der Waals surface area (Å²) in [6.07, 6.45) is 2.16. The molecule has 3 N–H and O–H groups in total. The van der Waals surface area contributed by atoms with Crippen molar-refractivity contribution < 1.29 is 9.53 Å². The number of nitrogens with zero attached hydrogens (tertiary/aromatic N) is 2. The van der Waals surface area contributed by atoms with Gasteiger partial charge in [0.1, 0.15) is 0 Å². The lowest BCUT2D eigenvalue weighted by Crippen LogP contribution is -2.13. The summed E-state index contributed by atoms with van der Waals surface area (Å²) < 4.78 is 6.61. The lowest BCUT2D eigenvalue weighted by atomic mass is 10.1. The van der Waals surface area contributed by atoms with Crippen LogP contribution in [0.5, 0.6) is 0 Å². The van der Waals surface area contributed by atoms with Crippen LogP contribution in [0.2, 0.25) is 0 Å². The fraction of sp³-hybridized carbons (Fsp3) is 0.188. The molecule has 0 amide bonds. The second-order valence-electron chi connectivity index (χ2n) is 5.41. The predicted molar refractivity (Wildman–Crippen MR) is 84.4 cm³/mol. The molecule has 0 radical (unpaired) electrons. The molecule has 1 aliphatic carbocycles. The lowest BCUT2D eigenvalue weighted by molar-refractivity contribution is 0.0520. The summed E-state index contributed by atoms with van der Waals surface area (Å²) in [7, 11) is 0. The number of fused-ring (bicyclic) bond motifs is 5. The largest absolute Gasteiger partial charge is 0.461 e. The summed E-state index contributed by atoms with van der Waals surface area (Å²) in [5.41, 5.74) is 10.1. The molecule has 0 spiro atoms. The molecule has 4 rings (SSSR count). The van der Waals surface area contributed by atoms with E-state index in [1.807, 2.05) is 12.1 Å². The molecule has 0 bridgehead atoms. The van der Waals surface area contributed by atoms with E-state index in [4.69, 9.17) is 10.5 Å². The van der Waals surface area contributed by atoms with E-state index < -0.39 is 5.97 Å². The number of nitrogen functional groups attached to an aromatic ring is 1. The Morgan fingerprint density at radius 3 is 3.09 bits per heavy atom. The van der Waals surface area contributed by atoms with Crippen LogP contribution in [0.3, 0.4) is 0 Å². The van der Waals surface area contributed by atoms with Gasteiger partial charge in [-0.1, -0.05) is 6.07 Å². The topological polar surface area (TPSA) is 102 Å². The van der Waals surface area contributed by atoms with Crippen LogP contribution in [-0.2, 0) is 11.2 Å². The molecule has 0 saturated carbocycles. The number of aromatic amines is 1. The van der Waals surface area contributed by atoms with Crippen molar-refractivity contribution in [2.45, 2.75) is 13.3 Å². The van der Waals surface area contributed by atoms with Gasteiger partial charge in [0.15, 0.2) is 5.69 Å². The van der Waals surface area contributed by atoms with Gasteiger partial charge in [0.05, 0.1) is 18.0 Å². The van der Waals surface area contributed by atoms with Gasteiger partial charge in [-0.3, -0.25) is 9.20 Å². The van der Waals surface area contributed by atoms with Crippen LogP contribution in [-0.4, -0.2) is 26.9 Å². The maximum atomic E-state index is 12.3. The Morgan fingerprint density at radius 1 is 1.48 bits per heavy atom. The molecule has 2 aromatic heterocycles. The molecule has 0 fully saturated rings. The number of esters is 1. The van der Waals surface area contributed by atoms with E-state index >= 15 is 0 Å². The molecule has 7 heteroatoms. The molecular formula is C16H14N4O3. The minimum atomic E-state index is -0.538. The smallest absolute Gasteiger partial charge is 0.358 e. The normalized spacial score (nSPS) is 12.2. The van der Waals surface area contributed by atoms with E-state index in [1.54, 1.807) is 23.6 Å². The van der Waals surface area contributed by atoms with E-state index in [2.05, 4.69) is 9.97 Å². The van der Waals surface area contributed by atoms with Crippen molar-refractivity contribution >= 4 is 17.3 Å². The SMILES string of the molecule is CCOC(=O)c1cn2c3c([nH]c(=O)c2n1)-c1ccc(N)cc1C3. The molecular weight excluding hydrogens is 296 g/mol. The Morgan fingerprint density at radius 2 is 2.30 bits per heavy atom. The number of nitrogens with two attached hydrogens (primary N) is 1. The summed E-state index contributed by atoms with van der Waals surface area (Å²) in [6.45, 7) is 1.98. The van der Waals surface area contributed by atoms with Crippen molar-refractivity contribution in [1.82, 2.24) is 14.4 Å². The Balaban J connectivity index is 1.94. The third kappa shape index (κ3) is 1.93. The van der Waals surface area contributed by atoms with Crippen LogP contribution in [0.15, 0.2) is 29.2 Å². The number of imidazole rings is 1. The molecule has 23 heavy (non-hydrogen) atoms. The zero-order valence-electron chi connectivity index (χ0n) is 12.4. The van der Waals surface area contributed by atoms with Gasteiger partial charge < -0.3 is 15.5 Å². The van der Waals surface area contributed by atoms with Gasteiger partial charge in [0.25, 0.3) is 5.56 Å². The number of hydrogen-bond acceptors (Lipinski definition) is 5. The predicted octanol–water partition coefficient (Wildman–Crippen LogP) is 1.35. The highest BCUT2D eigenvalue weighted by Crippen LogP contribution is 2.35. The van der Waals surface area contributed by atoms with Crippen LogP contribution in [0, 0.1) is 0 Å². The zero-order chi connectivity index (χ0) is 16.1. The van der Waals surface area contributed by atoms with Gasteiger partial charge in [-0.05, 0) is 24.6 Å². The zero-order valence-corrected chi connectivity index (χ0v) is 12.4. The molecule has 1 aliphatic rings. The van der Waals surface area contributed by atoms with E-state index in [0.29, 0.717) is 12.1 Å². The van der Waals surface area contributed by atoms with Gasteiger partial charge in [-0.15, -0.1) is 0 Å². The second kappa shape index (κ2) is 4.70. The number of anilines is 1. The van der Waals surface area contributed by atoms with Crippen molar-refractivity contribution in [3.63, 3.8) is 0 Å². The van der Waals surface area contributed by atoms with E-state index in [0.717, 1.165) is 22.5 Å². The van der Waals surface area contributed by atoms with Crippen molar-refractivity contribution in [2.24, 2.45) is 0 Å². The third-order valence-corrected chi connectivity index (χ3v) is 3.97. The first kappa shape index (κ1) is 13.6. The summed E-state index contributed by atoms with van der Waals surface area (Å²) >= 11 is 0. The third-order valence-electron chi connectivity index (χ3n) is 3.97. The Labute approximate surface area is 130 Å². The molecule has 7 nitrogen and oxygen atoms in total. The van der Waals surface area contributed by atoms with Gasteiger partial charge in [0.2, 0.25) is 5.65 Å². The monoisotopic (exact) mass is 310 g/mol. The molecule has 0 saturated heterocycles. The van der Waals surface area contributed by atoms with E-state index in [9.17, 15) is 9.59 Å². The van der Waals surface area contributed by atoms with Crippen molar-refractivity contribution in [2.75, 3.05) is 12.3 Å². The number of nitrogens with one attached hydrogen (secondary N) is 1. The summed E-state index contributed by atoms with van der Waals surface area (Å²) in [5.74, 6) is -0.538. The van der Waals surface area contributed by atoms with E-state index in [1.165, 1.54) is 0 Å². The number of carbonyl (C=O) groups is 1. The first-order valence-electron chi connectivity index (χ1n) is 7.28. The standard InChI is InChI=1S/C16H14N4O3/c1-2-23-16(22)11-7-20-12-6-8-5-9(17)3-4-10(8)13(12)19-15(21)14(20)18-11/h3-5,7H,2,6,17H2,1H3,(H,19,21). The molecule has 1 aromatic carbocycles. The highest BCUT2D eigenvalue weighted by Gasteiger charge is 2.25. The summed E-state index contributed by atoms with van der Waals surface area (Å²) in [6, 6.07) is 5.58. The number of hydrogen-bond donors (Lipinski definition) is 2. The minimum absolute atomic E-state index is 0.126. The van der Waals surface area contributed by atoms with E-state index in [-0.39, 0.29) is 23.5 Å². The average molecular weight is 310 g/mol. The molecule has 0 unspecified atom stereocenters. The van der Waals surface area contributed by atoms with Gasteiger partial charge in [-0.2, -0.15) is 0 Å². The number of benzene rings is 1. The van der Waals surface area contributed by atoms with Crippen LogP contribution in [0.4, 0.5) is 5.69 Å². The molecule has 3 aromatic rings. The van der Waals surface area contributed by atoms with Crippen LogP contribution >= 0.6 is 0 Å². The highest BCUT2D eigenvalue weighted by molar-refractivity contribution is 5.88. The number of ether oxygens (including phenoxy) is 1. The van der Waals surface area contributed by atoms with Crippen LogP contribution in [0.1, 0.15) is 28.7 Å². The van der Waals surface area contributed by atoms with Crippen molar-refractivity contribution in [3.8, 4) is 11.3 Å². The molecule has 0 aliphatic heterocycles. The van der Waals surface area contributed by atoms with Crippen molar-refractivity contribution in [3.05, 3.63) is 51.7 Å². The quantitative estimate of drug-likeness (QED) is 0.430. The maximum Gasteiger partial charge on any atom is 0.358 e. The Bertz CT molecular complexity index is 1020. The highest BCUT2D eigenvalue weighted by atomic mass is 16.5. The second-order valence-corrected chi connectivity index (χ2v) is 5.41. The molecule has 116 valence electrons. The lowest BCUT2D eigenvalue weighted by Gasteiger charge is -2.03. The molecule has 2 heterocycles. The maximum absolute atomic E-state index is 12.3. The Hall–Kier alpha value is -3.09. The average Bonchev–Trinajstić information content (AvgIpc) is 3.09. The van der Waals surface area contributed by atoms with Crippen LogP contribution < -0.4 is 11.3 Å². The summed E-state index contributed by atoms with van der Waals surface area (Å²) in [4.78, 5) is 31.1. The fourth-order valence-electron chi connectivity index (χ4n) is 2.99.